The topological polar surface area (TPSA) is 58.6 Å². The van der Waals surface area contributed by atoms with Crippen LogP contribution in [0.4, 0.5) is 4.79 Å². The van der Waals surface area contributed by atoms with Crippen molar-refractivity contribution in [2.45, 2.75) is 39.2 Å². The molecule has 136 valence electrons. The summed E-state index contributed by atoms with van der Waals surface area (Å²) in [6.45, 7) is 5.52. The van der Waals surface area contributed by atoms with Gasteiger partial charge in [0.2, 0.25) is 5.91 Å². The van der Waals surface area contributed by atoms with E-state index in [1.54, 1.807) is 11.8 Å². The SMILES string of the molecule is CCOC(=O)N1CCCC(C(=O)NC(c2ccccc2)C2CC2C)C1. The van der Waals surface area contributed by atoms with Gasteiger partial charge in [-0.25, -0.2) is 4.79 Å². The van der Waals surface area contributed by atoms with Crippen molar-refractivity contribution in [2.75, 3.05) is 19.7 Å². The molecule has 1 aromatic rings. The van der Waals surface area contributed by atoms with Crippen LogP contribution in [0.2, 0.25) is 0 Å². The lowest BCUT2D eigenvalue weighted by Crippen LogP contribution is -2.46. The molecular weight excluding hydrogens is 316 g/mol. The Balaban J connectivity index is 1.64. The van der Waals surface area contributed by atoms with Gasteiger partial charge in [0, 0.05) is 13.1 Å². The van der Waals surface area contributed by atoms with Crippen molar-refractivity contribution in [1.29, 1.82) is 0 Å². The monoisotopic (exact) mass is 344 g/mol. The first-order valence-corrected chi connectivity index (χ1v) is 9.37. The molecule has 1 heterocycles. The fourth-order valence-electron chi connectivity index (χ4n) is 3.76. The number of nitrogens with zero attached hydrogens (tertiary/aromatic N) is 1. The number of likely N-dealkylation sites (tertiary alicyclic amines) is 1. The molecule has 4 unspecified atom stereocenters. The third-order valence-electron chi connectivity index (χ3n) is 5.37. The molecule has 0 bridgehead atoms. The summed E-state index contributed by atoms with van der Waals surface area (Å²) in [5, 5.41) is 3.27. The molecule has 1 saturated heterocycles. The number of hydrogen-bond acceptors (Lipinski definition) is 3. The molecule has 1 N–H and O–H groups in total. The van der Waals surface area contributed by atoms with Crippen LogP contribution in [-0.4, -0.2) is 36.6 Å². The van der Waals surface area contributed by atoms with Crippen molar-refractivity contribution >= 4 is 12.0 Å². The van der Waals surface area contributed by atoms with Gasteiger partial charge in [-0.3, -0.25) is 4.79 Å². The Morgan fingerprint density at radius 3 is 2.68 bits per heavy atom. The second-order valence-corrected chi connectivity index (χ2v) is 7.26. The van der Waals surface area contributed by atoms with Gasteiger partial charge < -0.3 is 15.0 Å². The van der Waals surface area contributed by atoms with Crippen LogP contribution in [0, 0.1) is 17.8 Å². The van der Waals surface area contributed by atoms with Gasteiger partial charge in [-0.15, -0.1) is 0 Å². The largest absolute Gasteiger partial charge is 0.450 e. The molecule has 0 spiro atoms. The summed E-state index contributed by atoms with van der Waals surface area (Å²) >= 11 is 0. The van der Waals surface area contributed by atoms with Crippen LogP contribution in [0.3, 0.4) is 0 Å². The van der Waals surface area contributed by atoms with Gasteiger partial charge in [0.1, 0.15) is 0 Å². The minimum absolute atomic E-state index is 0.0574. The minimum atomic E-state index is -0.310. The van der Waals surface area contributed by atoms with E-state index in [0.29, 0.717) is 31.5 Å². The molecule has 5 heteroatoms. The summed E-state index contributed by atoms with van der Waals surface area (Å²) in [5.74, 6) is 1.06. The molecular formula is C20H28N2O3. The minimum Gasteiger partial charge on any atom is -0.450 e. The van der Waals surface area contributed by atoms with Crippen LogP contribution in [0.15, 0.2) is 30.3 Å². The zero-order valence-corrected chi connectivity index (χ0v) is 15.1. The van der Waals surface area contributed by atoms with Crippen LogP contribution in [-0.2, 0) is 9.53 Å². The van der Waals surface area contributed by atoms with Crippen LogP contribution < -0.4 is 5.32 Å². The van der Waals surface area contributed by atoms with Crippen LogP contribution >= 0.6 is 0 Å². The number of carbonyl (C=O) groups excluding carboxylic acids is 2. The standard InChI is InChI=1S/C20H28N2O3/c1-3-25-20(24)22-11-7-10-16(13-22)19(23)21-18(17-12-14(17)2)15-8-5-4-6-9-15/h4-6,8-9,14,16-18H,3,7,10-13H2,1-2H3,(H,21,23). The highest BCUT2D eigenvalue weighted by molar-refractivity contribution is 5.80. The van der Waals surface area contributed by atoms with Crippen LogP contribution in [0.1, 0.15) is 44.7 Å². The molecule has 2 fully saturated rings. The number of ether oxygens (including phenoxy) is 1. The Hall–Kier alpha value is -2.04. The fourth-order valence-corrected chi connectivity index (χ4v) is 3.76. The van der Waals surface area contributed by atoms with E-state index >= 15 is 0 Å². The predicted molar refractivity (Wildman–Crippen MR) is 95.9 cm³/mol. The van der Waals surface area contributed by atoms with Gasteiger partial charge in [-0.2, -0.15) is 0 Å². The van der Waals surface area contributed by atoms with Crippen molar-refractivity contribution in [3.8, 4) is 0 Å². The van der Waals surface area contributed by atoms with Gasteiger partial charge in [0.15, 0.2) is 0 Å². The Morgan fingerprint density at radius 2 is 2.04 bits per heavy atom. The van der Waals surface area contributed by atoms with Crippen molar-refractivity contribution < 1.29 is 14.3 Å². The fraction of sp³-hybridized carbons (Fsp3) is 0.600. The third-order valence-corrected chi connectivity index (χ3v) is 5.37. The molecule has 5 nitrogen and oxygen atoms in total. The van der Waals surface area contributed by atoms with Gasteiger partial charge in [-0.05, 0) is 43.6 Å². The summed E-state index contributed by atoms with van der Waals surface area (Å²) < 4.78 is 5.08. The lowest BCUT2D eigenvalue weighted by atomic mass is 9.95. The first kappa shape index (κ1) is 17.8. The molecule has 4 atom stereocenters. The number of piperidine rings is 1. The van der Waals surface area contributed by atoms with E-state index in [2.05, 4.69) is 24.4 Å². The average Bonchev–Trinajstić information content (AvgIpc) is 3.37. The lowest BCUT2D eigenvalue weighted by Gasteiger charge is -2.32. The number of carbonyl (C=O) groups is 2. The van der Waals surface area contributed by atoms with Gasteiger partial charge in [-0.1, -0.05) is 37.3 Å². The normalized spacial score (nSPS) is 26.6. The molecule has 1 aliphatic carbocycles. The number of benzene rings is 1. The quantitative estimate of drug-likeness (QED) is 0.891. The maximum absolute atomic E-state index is 12.9. The van der Waals surface area contributed by atoms with E-state index in [1.807, 2.05) is 18.2 Å². The summed E-state index contributed by atoms with van der Waals surface area (Å²) in [5.41, 5.74) is 1.17. The second kappa shape index (κ2) is 7.89. The van der Waals surface area contributed by atoms with E-state index in [0.717, 1.165) is 19.3 Å². The summed E-state index contributed by atoms with van der Waals surface area (Å²) in [4.78, 5) is 26.5. The van der Waals surface area contributed by atoms with E-state index in [-0.39, 0.29) is 24.0 Å². The lowest BCUT2D eigenvalue weighted by molar-refractivity contribution is -0.127. The van der Waals surface area contributed by atoms with E-state index in [1.165, 1.54) is 5.56 Å². The van der Waals surface area contributed by atoms with Gasteiger partial charge in [0.05, 0.1) is 18.6 Å². The summed E-state index contributed by atoms with van der Waals surface area (Å²) in [6.07, 6.45) is 2.51. The summed E-state index contributed by atoms with van der Waals surface area (Å²) in [6, 6.07) is 10.3. The van der Waals surface area contributed by atoms with Crippen molar-refractivity contribution in [3.63, 3.8) is 0 Å². The molecule has 0 radical (unpaired) electrons. The smallest absolute Gasteiger partial charge is 0.409 e. The average molecular weight is 344 g/mol. The highest BCUT2D eigenvalue weighted by atomic mass is 16.6. The molecule has 2 aliphatic rings. The highest BCUT2D eigenvalue weighted by Gasteiger charge is 2.42. The Morgan fingerprint density at radius 1 is 1.32 bits per heavy atom. The molecule has 2 amide bonds. The Kier molecular flexibility index (Phi) is 5.61. The van der Waals surface area contributed by atoms with Crippen LogP contribution in [0.25, 0.3) is 0 Å². The highest BCUT2D eigenvalue weighted by Crippen LogP contribution is 2.47. The first-order chi connectivity index (χ1) is 12.1. The van der Waals surface area contributed by atoms with Gasteiger partial charge >= 0.3 is 6.09 Å². The number of nitrogens with one attached hydrogen (secondary N) is 1. The van der Waals surface area contributed by atoms with E-state index in [9.17, 15) is 9.59 Å². The predicted octanol–water partition coefficient (Wildman–Crippen LogP) is 3.37. The molecule has 1 aliphatic heterocycles. The second-order valence-electron chi connectivity index (χ2n) is 7.26. The van der Waals surface area contributed by atoms with E-state index < -0.39 is 0 Å². The molecule has 25 heavy (non-hydrogen) atoms. The third kappa shape index (κ3) is 4.33. The molecule has 1 aromatic carbocycles. The number of hydrogen-bond donors (Lipinski definition) is 1. The van der Waals surface area contributed by atoms with Crippen LogP contribution in [0.5, 0.6) is 0 Å². The molecule has 1 saturated carbocycles. The van der Waals surface area contributed by atoms with Crippen molar-refractivity contribution in [1.82, 2.24) is 10.2 Å². The Labute approximate surface area is 149 Å². The summed E-state index contributed by atoms with van der Waals surface area (Å²) in [7, 11) is 0. The Bertz CT molecular complexity index is 604. The maximum Gasteiger partial charge on any atom is 0.409 e. The van der Waals surface area contributed by atoms with E-state index in [4.69, 9.17) is 4.74 Å². The zero-order chi connectivity index (χ0) is 17.8. The number of rotatable bonds is 5. The first-order valence-electron chi connectivity index (χ1n) is 9.37. The zero-order valence-electron chi connectivity index (χ0n) is 15.1. The molecule has 3 rings (SSSR count). The maximum atomic E-state index is 12.9. The molecule has 0 aromatic heterocycles. The number of amides is 2. The van der Waals surface area contributed by atoms with Crippen molar-refractivity contribution in [3.05, 3.63) is 35.9 Å². The van der Waals surface area contributed by atoms with Gasteiger partial charge in [0.25, 0.3) is 0 Å². The van der Waals surface area contributed by atoms with Crippen molar-refractivity contribution in [2.24, 2.45) is 17.8 Å².